The SMILES string of the molecule is CCC(C(N)=S)S(=O)(=O)NC(C)CCSC. The molecule has 2 atom stereocenters. The van der Waals surface area contributed by atoms with Gasteiger partial charge in [-0.3, -0.25) is 0 Å². The molecule has 2 unspecified atom stereocenters. The molecule has 0 bridgehead atoms. The molecule has 0 heterocycles. The summed E-state index contributed by atoms with van der Waals surface area (Å²) in [5.41, 5.74) is 5.42. The highest BCUT2D eigenvalue weighted by molar-refractivity contribution is 7.98. The van der Waals surface area contributed by atoms with Gasteiger partial charge in [0.05, 0.1) is 4.99 Å². The van der Waals surface area contributed by atoms with Gasteiger partial charge in [-0.2, -0.15) is 11.8 Å². The third-order valence-electron chi connectivity index (χ3n) is 2.18. The van der Waals surface area contributed by atoms with Gasteiger partial charge in [0.15, 0.2) is 0 Å². The van der Waals surface area contributed by atoms with Gasteiger partial charge in [0, 0.05) is 6.04 Å². The number of rotatable bonds is 8. The summed E-state index contributed by atoms with van der Waals surface area (Å²) in [6, 6.07) is -0.0825. The number of hydrogen-bond donors (Lipinski definition) is 2. The molecular formula is C9H20N2O2S3. The van der Waals surface area contributed by atoms with Crippen LogP contribution in [0.5, 0.6) is 0 Å². The number of thioether (sulfide) groups is 1. The van der Waals surface area contributed by atoms with Crippen molar-refractivity contribution in [2.24, 2.45) is 5.73 Å². The Bertz CT molecular complexity index is 317. The fourth-order valence-electron chi connectivity index (χ4n) is 1.29. The van der Waals surface area contributed by atoms with Crippen LogP contribution in [0.15, 0.2) is 0 Å². The molecule has 96 valence electrons. The quantitative estimate of drug-likeness (QED) is 0.653. The lowest BCUT2D eigenvalue weighted by Crippen LogP contribution is -2.45. The fourth-order valence-corrected chi connectivity index (χ4v) is 4.01. The highest BCUT2D eigenvalue weighted by Crippen LogP contribution is 2.08. The van der Waals surface area contributed by atoms with Crippen molar-refractivity contribution >= 4 is 39.0 Å². The van der Waals surface area contributed by atoms with Gasteiger partial charge in [0.1, 0.15) is 5.25 Å². The van der Waals surface area contributed by atoms with Crippen molar-refractivity contribution in [3.05, 3.63) is 0 Å². The number of sulfonamides is 1. The molecule has 0 aliphatic rings. The molecule has 4 nitrogen and oxygen atoms in total. The highest BCUT2D eigenvalue weighted by Gasteiger charge is 2.27. The second-order valence-electron chi connectivity index (χ2n) is 3.64. The molecule has 3 N–H and O–H groups in total. The smallest absolute Gasteiger partial charge is 0.221 e. The first kappa shape index (κ1) is 16.1. The molecule has 0 spiro atoms. The third kappa shape index (κ3) is 5.47. The number of nitrogens with one attached hydrogen (secondary N) is 1. The van der Waals surface area contributed by atoms with Gasteiger partial charge in [-0.05, 0) is 31.8 Å². The lowest BCUT2D eigenvalue weighted by Gasteiger charge is -2.19. The van der Waals surface area contributed by atoms with Crippen molar-refractivity contribution in [3.8, 4) is 0 Å². The maximum atomic E-state index is 11.9. The molecule has 0 fully saturated rings. The number of hydrogen-bond acceptors (Lipinski definition) is 4. The Balaban J connectivity index is 4.49. The van der Waals surface area contributed by atoms with Crippen LogP contribution in [0, 0.1) is 0 Å². The maximum Gasteiger partial charge on any atom is 0.221 e. The van der Waals surface area contributed by atoms with Crippen LogP contribution >= 0.6 is 24.0 Å². The largest absolute Gasteiger partial charge is 0.392 e. The van der Waals surface area contributed by atoms with Crippen LogP contribution in [0.1, 0.15) is 26.7 Å². The monoisotopic (exact) mass is 284 g/mol. The molecule has 0 saturated carbocycles. The van der Waals surface area contributed by atoms with Gasteiger partial charge < -0.3 is 5.73 Å². The Hall–Kier alpha value is 0.150. The minimum atomic E-state index is -3.43. The summed E-state index contributed by atoms with van der Waals surface area (Å²) in [7, 11) is -3.43. The average Bonchev–Trinajstić information content (AvgIpc) is 2.13. The summed E-state index contributed by atoms with van der Waals surface area (Å²) in [5, 5.41) is -0.765. The van der Waals surface area contributed by atoms with E-state index in [-0.39, 0.29) is 11.0 Å². The molecule has 7 heteroatoms. The molecule has 0 radical (unpaired) electrons. The zero-order chi connectivity index (χ0) is 12.8. The molecule has 0 aromatic rings. The normalized spacial score (nSPS) is 15.7. The average molecular weight is 284 g/mol. The number of thiocarbonyl (C=S) groups is 1. The van der Waals surface area contributed by atoms with Crippen LogP contribution in [0.3, 0.4) is 0 Å². The van der Waals surface area contributed by atoms with Crippen molar-refractivity contribution in [3.63, 3.8) is 0 Å². The zero-order valence-corrected chi connectivity index (χ0v) is 12.3. The van der Waals surface area contributed by atoms with E-state index in [4.69, 9.17) is 18.0 Å². The predicted octanol–water partition coefficient (Wildman–Crippen LogP) is 1.11. The standard InChI is InChI=1S/C9H20N2O2S3/c1-4-8(9(10)14)16(12,13)11-7(2)5-6-15-3/h7-8,11H,4-6H2,1-3H3,(H2,10,14). The molecule has 0 aromatic carbocycles. The van der Waals surface area contributed by atoms with Gasteiger partial charge in [-0.15, -0.1) is 0 Å². The van der Waals surface area contributed by atoms with E-state index < -0.39 is 15.3 Å². The lowest BCUT2D eigenvalue weighted by molar-refractivity contribution is 0.550. The van der Waals surface area contributed by atoms with E-state index in [1.54, 1.807) is 18.7 Å². The van der Waals surface area contributed by atoms with Crippen molar-refractivity contribution < 1.29 is 8.42 Å². The van der Waals surface area contributed by atoms with E-state index in [0.29, 0.717) is 6.42 Å². The minimum absolute atomic E-state index is 0.0343. The van der Waals surface area contributed by atoms with E-state index in [1.165, 1.54) is 0 Å². The topological polar surface area (TPSA) is 72.2 Å². The summed E-state index contributed by atoms with van der Waals surface area (Å²) < 4.78 is 26.4. The number of nitrogens with two attached hydrogens (primary N) is 1. The summed E-state index contributed by atoms with van der Waals surface area (Å²) in [6.45, 7) is 3.61. The summed E-state index contributed by atoms with van der Waals surface area (Å²) >= 11 is 6.45. The van der Waals surface area contributed by atoms with Crippen molar-refractivity contribution in [2.75, 3.05) is 12.0 Å². The first-order valence-corrected chi connectivity index (χ1v) is 8.49. The van der Waals surface area contributed by atoms with Crippen LogP contribution in [0.25, 0.3) is 0 Å². The summed E-state index contributed by atoms with van der Waals surface area (Å²) in [5.74, 6) is 0.924. The van der Waals surface area contributed by atoms with E-state index in [0.717, 1.165) is 12.2 Å². The third-order valence-corrected chi connectivity index (χ3v) is 5.33. The van der Waals surface area contributed by atoms with Crippen LogP contribution < -0.4 is 10.5 Å². The van der Waals surface area contributed by atoms with Crippen LogP contribution in [-0.4, -0.2) is 36.7 Å². The Morgan fingerprint density at radius 2 is 2.12 bits per heavy atom. The fraction of sp³-hybridized carbons (Fsp3) is 0.889. The molecule has 0 amide bonds. The van der Waals surface area contributed by atoms with E-state index in [1.807, 2.05) is 13.2 Å². The molecule has 0 aliphatic heterocycles. The first-order valence-electron chi connectivity index (χ1n) is 5.14. The van der Waals surface area contributed by atoms with Gasteiger partial charge in [-0.1, -0.05) is 19.1 Å². The Kier molecular flexibility index (Phi) is 7.54. The Morgan fingerprint density at radius 1 is 1.56 bits per heavy atom. The second-order valence-corrected chi connectivity index (χ2v) is 7.00. The molecule has 16 heavy (non-hydrogen) atoms. The van der Waals surface area contributed by atoms with Crippen LogP contribution in [-0.2, 0) is 10.0 Å². The van der Waals surface area contributed by atoms with Crippen molar-refractivity contribution in [2.45, 2.75) is 38.0 Å². The summed E-state index contributed by atoms with van der Waals surface area (Å²) in [4.78, 5) is 0.0343. The van der Waals surface area contributed by atoms with Crippen LogP contribution in [0.2, 0.25) is 0 Å². The predicted molar refractivity (Wildman–Crippen MR) is 75.4 cm³/mol. The van der Waals surface area contributed by atoms with E-state index in [9.17, 15) is 8.42 Å². The van der Waals surface area contributed by atoms with Gasteiger partial charge in [-0.25, -0.2) is 13.1 Å². The molecular weight excluding hydrogens is 264 g/mol. The van der Waals surface area contributed by atoms with Crippen molar-refractivity contribution in [1.82, 2.24) is 4.72 Å². The van der Waals surface area contributed by atoms with Crippen LogP contribution in [0.4, 0.5) is 0 Å². The molecule has 0 aliphatic carbocycles. The first-order chi connectivity index (χ1) is 7.35. The highest BCUT2D eigenvalue weighted by atomic mass is 32.2. The minimum Gasteiger partial charge on any atom is -0.392 e. The molecule has 0 saturated heterocycles. The Morgan fingerprint density at radius 3 is 2.50 bits per heavy atom. The van der Waals surface area contributed by atoms with Crippen molar-refractivity contribution in [1.29, 1.82) is 0 Å². The van der Waals surface area contributed by atoms with E-state index in [2.05, 4.69) is 4.72 Å². The lowest BCUT2D eigenvalue weighted by atomic mass is 10.3. The molecule has 0 rings (SSSR count). The van der Waals surface area contributed by atoms with Gasteiger partial charge in [0.2, 0.25) is 10.0 Å². The zero-order valence-electron chi connectivity index (χ0n) is 9.89. The van der Waals surface area contributed by atoms with E-state index >= 15 is 0 Å². The molecule has 0 aromatic heterocycles. The van der Waals surface area contributed by atoms with Gasteiger partial charge >= 0.3 is 0 Å². The Labute approximate surface area is 108 Å². The maximum absolute atomic E-state index is 11.9. The van der Waals surface area contributed by atoms with Gasteiger partial charge in [0.25, 0.3) is 0 Å². The second kappa shape index (κ2) is 7.47. The summed E-state index contributed by atoms with van der Waals surface area (Å²) in [6.07, 6.45) is 3.19.